The highest BCUT2D eigenvalue weighted by Gasteiger charge is 2.34. The lowest BCUT2D eigenvalue weighted by Gasteiger charge is -2.14. The predicted octanol–water partition coefficient (Wildman–Crippen LogP) is 4.14. The molecular weight excluding hydrogens is 429 g/mol. The van der Waals surface area contributed by atoms with Crippen molar-refractivity contribution < 1.29 is 17.6 Å². The second-order valence-electron chi connectivity index (χ2n) is 6.73. The SMILES string of the molecule is CC1C=C(C(F)(F)F)C=c2[nH]c(=c3ccc(=C4N=CC(Cl)=CC4Cl)cc3F)nc21. The third kappa shape index (κ3) is 3.76. The lowest BCUT2D eigenvalue weighted by molar-refractivity contribution is -0.0870. The van der Waals surface area contributed by atoms with Crippen LogP contribution in [0.5, 0.6) is 0 Å². The highest BCUT2D eigenvalue weighted by atomic mass is 35.5. The summed E-state index contributed by atoms with van der Waals surface area (Å²) in [7, 11) is 0. The number of halogens is 6. The molecule has 0 fully saturated rings. The molecule has 0 spiro atoms. The summed E-state index contributed by atoms with van der Waals surface area (Å²) in [6.07, 6.45) is 0.629. The number of hydrogen-bond donors (Lipinski definition) is 1. The molecule has 4 rings (SSSR count). The maximum atomic E-state index is 14.8. The number of aromatic amines is 1. The first-order valence-corrected chi connectivity index (χ1v) is 9.41. The Hall–Kier alpha value is -2.38. The summed E-state index contributed by atoms with van der Waals surface area (Å²) in [6.45, 7) is 1.61. The van der Waals surface area contributed by atoms with Crippen LogP contribution >= 0.6 is 23.2 Å². The monoisotopic (exact) mass is 441 g/mol. The number of aliphatic imine (C=N–C) groups is 1. The Labute approximate surface area is 172 Å². The van der Waals surface area contributed by atoms with Crippen LogP contribution in [0.2, 0.25) is 0 Å². The lowest BCUT2D eigenvalue weighted by atomic mass is 9.98. The van der Waals surface area contributed by atoms with E-state index in [9.17, 15) is 17.6 Å². The number of rotatable bonds is 0. The van der Waals surface area contributed by atoms with Crippen LogP contribution in [0.25, 0.3) is 11.8 Å². The summed E-state index contributed by atoms with van der Waals surface area (Å²) in [4.78, 5) is 11.3. The van der Waals surface area contributed by atoms with E-state index in [1.165, 1.54) is 18.3 Å². The first-order valence-electron chi connectivity index (χ1n) is 8.59. The maximum Gasteiger partial charge on any atom is 0.416 e. The minimum absolute atomic E-state index is 0.136. The van der Waals surface area contributed by atoms with Crippen LogP contribution in [0.15, 0.2) is 45.9 Å². The lowest BCUT2D eigenvalue weighted by Crippen LogP contribution is -2.21. The first-order chi connectivity index (χ1) is 13.6. The van der Waals surface area contributed by atoms with Crippen LogP contribution in [-0.4, -0.2) is 27.7 Å². The van der Waals surface area contributed by atoms with Gasteiger partial charge < -0.3 is 4.98 Å². The molecule has 1 aliphatic heterocycles. The van der Waals surface area contributed by atoms with Crippen LogP contribution in [0, 0.1) is 16.5 Å². The summed E-state index contributed by atoms with van der Waals surface area (Å²) < 4.78 is 54.0. The van der Waals surface area contributed by atoms with Gasteiger partial charge in [-0.3, -0.25) is 4.99 Å². The third-order valence-electron chi connectivity index (χ3n) is 4.66. The normalized spacial score (nSPS) is 24.5. The molecule has 2 atom stereocenters. The second kappa shape index (κ2) is 7.15. The van der Waals surface area contributed by atoms with Crippen LogP contribution in [0.1, 0.15) is 18.5 Å². The van der Waals surface area contributed by atoms with Gasteiger partial charge in [-0.15, -0.1) is 11.6 Å². The highest BCUT2D eigenvalue weighted by molar-refractivity contribution is 6.41. The Morgan fingerprint density at radius 1 is 1.17 bits per heavy atom. The quantitative estimate of drug-likeness (QED) is 0.484. The van der Waals surface area contributed by atoms with Gasteiger partial charge in [-0.1, -0.05) is 30.7 Å². The molecule has 2 aromatic rings. The van der Waals surface area contributed by atoms with E-state index in [0.29, 0.717) is 21.6 Å². The van der Waals surface area contributed by atoms with Crippen molar-refractivity contribution >= 4 is 41.2 Å². The van der Waals surface area contributed by atoms with E-state index in [1.807, 2.05) is 0 Å². The maximum absolute atomic E-state index is 14.8. The van der Waals surface area contributed by atoms with E-state index >= 15 is 0 Å². The number of dihydropyridines is 1. The van der Waals surface area contributed by atoms with E-state index in [1.54, 1.807) is 19.1 Å². The van der Waals surface area contributed by atoms with Gasteiger partial charge in [0, 0.05) is 17.4 Å². The molecule has 29 heavy (non-hydrogen) atoms. The predicted molar refractivity (Wildman–Crippen MR) is 104 cm³/mol. The smallest absolute Gasteiger partial charge is 0.338 e. The Morgan fingerprint density at radius 3 is 2.59 bits per heavy atom. The molecule has 1 aromatic heterocycles. The van der Waals surface area contributed by atoms with Crippen molar-refractivity contribution in [3.63, 3.8) is 0 Å². The number of alkyl halides is 4. The first kappa shape index (κ1) is 19.9. The summed E-state index contributed by atoms with van der Waals surface area (Å²) >= 11 is 12.1. The van der Waals surface area contributed by atoms with E-state index < -0.39 is 28.9 Å². The molecule has 150 valence electrons. The number of allylic oxidation sites excluding steroid dienone is 3. The number of nitrogens with one attached hydrogen (secondary N) is 1. The van der Waals surface area contributed by atoms with Gasteiger partial charge in [0.15, 0.2) is 0 Å². The van der Waals surface area contributed by atoms with Gasteiger partial charge in [0.2, 0.25) is 0 Å². The van der Waals surface area contributed by atoms with E-state index in [0.717, 1.165) is 12.2 Å². The zero-order valence-corrected chi connectivity index (χ0v) is 16.4. The fourth-order valence-electron chi connectivity index (χ4n) is 3.28. The Balaban J connectivity index is 1.89. The molecule has 3 nitrogen and oxygen atoms in total. The van der Waals surface area contributed by atoms with Gasteiger partial charge in [-0.25, -0.2) is 9.37 Å². The summed E-state index contributed by atoms with van der Waals surface area (Å²) in [5.74, 6) is -1.16. The van der Waals surface area contributed by atoms with Crippen LogP contribution in [0.4, 0.5) is 17.6 Å². The van der Waals surface area contributed by atoms with Gasteiger partial charge in [0.05, 0.1) is 37.9 Å². The second-order valence-corrected chi connectivity index (χ2v) is 7.64. The average Bonchev–Trinajstić information content (AvgIpc) is 3.05. The van der Waals surface area contributed by atoms with E-state index in [-0.39, 0.29) is 16.0 Å². The minimum Gasteiger partial charge on any atom is -0.338 e. The minimum atomic E-state index is -4.46. The van der Waals surface area contributed by atoms with Crippen molar-refractivity contribution in [2.75, 3.05) is 0 Å². The van der Waals surface area contributed by atoms with Crippen LogP contribution in [0.3, 0.4) is 0 Å². The highest BCUT2D eigenvalue weighted by Crippen LogP contribution is 2.31. The molecule has 2 aliphatic rings. The number of aromatic nitrogens is 2. The van der Waals surface area contributed by atoms with Crippen LogP contribution < -0.4 is 10.6 Å². The third-order valence-corrected chi connectivity index (χ3v) is 5.22. The zero-order chi connectivity index (χ0) is 20.9. The van der Waals surface area contributed by atoms with Gasteiger partial charge in [-0.2, -0.15) is 13.2 Å². The Kier molecular flexibility index (Phi) is 4.91. The topological polar surface area (TPSA) is 41.0 Å². The van der Waals surface area contributed by atoms with Crippen molar-refractivity contribution in [1.29, 1.82) is 0 Å². The molecule has 0 radical (unpaired) electrons. The molecule has 0 saturated heterocycles. The number of hydrogen-bond acceptors (Lipinski definition) is 2. The van der Waals surface area contributed by atoms with E-state index in [4.69, 9.17) is 23.2 Å². The van der Waals surface area contributed by atoms with Gasteiger partial charge in [-0.05, 0) is 24.3 Å². The fourth-order valence-corrected chi connectivity index (χ4v) is 3.83. The number of fused-ring (bicyclic) bond motifs is 1. The molecule has 0 amide bonds. The Morgan fingerprint density at radius 2 is 1.93 bits per heavy atom. The average molecular weight is 442 g/mol. The molecular formula is C20H13Cl2F4N3. The van der Waals surface area contributed by atoms with Crippen molar-refractivity contribution in [2.45, 2.75) is 24.4 Å². The number of imidazole rings is 1. The molecule has 2 unspecified atom stereocenters. The standard InChI is InChI=1S/C20H13Cl2F4N3/c1-9-4-11(20(24,25)26)6-16-17(9)29-19(28-16)13-3-2-10(5-15(13)23)18-14(22)7-12(21)8-27-18/h2-9,14,28H,1H3. The number of benzene rings is 1. The largest absolute Gasteiger partial charge is 0.416 e. The Bertz CT molecular complexity index is 1300. The molecule has 1 N–H and O–H groups in total. The van der Waals surface area contributed by atoms with Crippen molar-refractivity contribution in [2.24, 2.45) is 4.99 Å². The summed E-state index contributed by atoms with van der Waals surface area (Å²) in [5, 5.41) is 0.621. The molecule has 1 aromatic carbocycles. The van der Waals surface area contributed by atoms with Crippen LogP contribution in [-0.2, 0) is 0 Å². The van der Waals surface area contributed by atoms with Crippen molar-refractivity contribution in [3.05, 3.63) is 73.7 Å². The number of nitrogens with zero attached hydrogens (tertiary/aromatic N) is 2. The van der Waals surface area contributed by atoms with Crippen molar-refractivity contribution in [3.8, 4) is 0 Å². The van der Waals surface area contributed by atoms with Gasteiger partial charge in [0.1, 0.15) is 11.3 Å². The molecule has 2 heterocycles. The fraction of sp³-hybridized carbons (Fsp3) is 0.200. The zero-order valence-electron chi connectivity index (χ0n) is 14.9. The van der Waals surface area contributed by atoms with Crippen molar-refractivity contribution in [1.82, 2.24) is 9.97 Å². The summed E-state index contributed by atoms with van der Waals surface area (Å²) in [6, 6.07) is 4.38. The van der Waals surface area contributed by atoms with Gasteiger partial charge >= 0.3 is 6.18 Å². The molecule has 0 saturated carbocycles. The summed E-state index contributed by atoms with van der Waals surface area (Å²) in [5.41, 5.74) is 0.279. The molecule has 0 bridgehead atoms. The van der Waals surface area contributed by atoms with E-state index in [2.05, 4.69) is 15.0 Å². The van der Waals surface area contributed by atoms with Gasteiger partial charge in [0.25, 0.3) is 0 Å². The number of H-pyrrole nitrogens is 1. The molecule has 9 heteroatoms. The molecule has 1 aliphatic carbocycles.